The molecule has 1 fully saturated rings. The number of rotatable bonds is 4. The molecule has 0 N–H and O–H groups in total. The van der Waals surface area contributed by atoms with Crippen LogP contribution in [0.15, 0.2) is 127 Å². The zero-order valence-corrected chi connectivity index (χ0v) is 52.8. The number of benzene rings is 7. The average Bonchev–Trinajstić information content (AvgIpc) is 2.38. The first-order valence-electron chi connectivity index (χ1n) is 31.5. The van der Waals surface area contributed by atoms with Crippen LogP contribution in [-0.4, -0.2) is 12.3 Å². The SMILES string of the molecule is Cc1cc2c3c(c1)N(c1ccc4c(c1)C(C)(C)CCC4(C)C)c1c(sc4cc5c(cc14)C(C)(C)CCC5(C)C)B3c1ccc(N3c4ccccc4C4(C)CCCCC34C)cc1N2c1cc2c(cc1-c1ccccc1)C(C)(C)CCC2(C)C. The summed E-state index contributed by atoms with van der Waals surface area (Å²) in [5, 5.41) is 1.40. The number of anilines is 8. The van der Waals surface area contributed by atoms with Crippen LogP contribution in [0.5, 0.6) is 0 Å². The van der Waals surface area contributed by atoms with E-state index in [1.807, 2.05) is 0 Å². The minimum absolute atomic E-state index is 0.00299. The fraction of sp³-hybridized carbons (Fsp3) is 0.429. The van der Waals surface area contributed by atoms with Gasteiger partial charge < -0.3 is 14.7 Å². The van der Waals surface area contributed by atoms with Gasteiger partial charge >= 0.3 is 0 Å². The van der Waals surface area contributed by atoms with E-state index < -0.39 is 0 Å². The lowest BCUT2D eigenvalue weighted by atomic mass is 9.36. The minimum atomic E-state index is -0.0791. The van der Waals surface area contributed by atoms with E-state index >= 15 is 0 Å². The highest BCUT2D eigenvalue weighted by Crippen LogP contribution is 2.62. The van der Waals surface area contributed by atoms with Crippen molar-refractivity contribution in [3.8, 4) is 11.1 Å². The van der Waals surface area contributed by atoms with Gasteiger partial charge in [-0.3, -0.25) is 0 Å². The summed E-state index contributed by atoms with van der Waals surface area (Å²) >= 11 is 2.09. The van der Waals surface area contributed by atoms with Gasteiger partial charge in [0.05, 0.1) is 16.9 Å². The van der Waals surface area contributed by atoms with Crippen LogP contribution < -0.4 is 30.4 Å². The molecule has 0 saturated heterocycles. The molecule has 15 rings (SSSR count). The van der Waals surface area contributed by atoms with Gasteiger partial charge in [0.1, 0.15) is 0 Å². The first kappa shape index (κ1) is 52.7. The van der Waals surface area contributed by atoms with Crippen LogP contribution in [-0.2, 0) is 37.9 Å². The Bertz CT molecular complexity index is 4040. The Balaban J connectivity index is 1.07. The van der Waals surface area contributed by atoms with E-state index in [2.05, 4.69) is 257 Å². The molecule has 0 amide bonds. The van der Waals surface area contributed by atoms with Crippen LogP contribution in [0.2, 0.25) is 0 Å². The number of aryl methyl sites for hydroxylation is 1. The van der Waals surface area contributed by atoms with Crippen LogP contribution in [0, 0.1) is 6.92 Å². The molecule has 3 aliphatic heterocycles. The molecule has 1 aromatic heterocycles. The molecule has 7 aliphatic rings. The van der Waals surface area contributed by atoms with Crippen molar-refractivity contribution in [1.29, 1.82) is 0 Å². The van der Waals surface area contributed by atoms with Crippen LogP contribution in [0.25, 0.3) is 21.2 Å². The van der Waals surface area contributed by atoms with E-state index in [1.54, 1.807) is 0 Å². The zero-order valence-electron chi connectivity index (χ0n) is 52.0. The monoisotopic (exact) mass is 1100 g/mol. The Morgan fingerprint density at radius 3 is 1.63 bits per heavy atom. The van der Waals surface area contributed by atoms with Crippen LogP contribution in [0.3, 0.4) is 0 Å². The van der Waals surface area contributed by atoms with E-state index in [4.69, 9.17) is 0 Å². The predicted molar refractivity (Wildman–Crippen MR) is 355 cm³/mol. The first-order valence-corrected chi connectivity index (χ1v) is 32.4. The van der Waals surface area contributed by atoms with Crippen molar-refractivity contribution in [2.45, 2.75) is 212 Å². The second-order valence-electron chi connectivity index (χ2n) is 31.3. The van der Waals surface area contributed by atoms with Crippen molar-refractivity contribution >= 4 is 89.3 Å². The van der Waals surface area contributed by atoms with E-state index in [0.29, 0.717) is 0 Å². The zero-order chi connectivity index (χ0) is 57.2. The molecule has 0 bridgehead atoms. The quantitative estimate of drug-likeness (QED) is 0.163. The molecule has 3 nitrogen and oxygen atoms in total. The second kappa shape index (κ2) is 17.1. The van der Waals surface area contributed by atoms with Crippen LogP contribution in [0.4, 0.5) is 45.5 Å². The van der Waals surface area contributed by atoms with E-state index in [9.17, 15) is 0 Å². The maximum absolute atomic E-state index is 2.81. The van der Waals surface area contributed by atoms with Crippen molar-refractivity contribution in [1.82, 2.24) is 0 Å². The third-order valence-corrected chi connectivity index (χ3v) is 24.6. The number of thiophene rings is 1. The lowest BCUT2D eigenvalue weighted by Crippen LogP contribution is -2.60. The van der Waals surface area contributed by atoms with Crippen LogP contribution in [0.1, 0.15) is 206 Å². The summed E-state index contributed by atoms with van der Waals surface area (Å²) in [6, 6.07) is 52.2. The molecule has 82 heavy (non-hydrogen) atoms. The number of hydrogen-bond acceptors (Lipinski definition) is 4. The number of nitrogens with zero attached hydrogens (tertiary/aromatic N) is 3. The Morgan fingerprint density at radius 1 is 0.415 bits per heavy atom. The van der Waals surface area contributed by atoms with Gasteiger partial charge in [-0.05, 0) is 225 Å². The predicted octanol–water partition coefficient (Wildman–Crippen LogP) is 19.7. The molecule has 1 saturated carbocycles. The van der Waals surface area contributed by atoms with Crippen molar-refractivity contribution in [3.63, 3.8) is 0 Å². The third-order valence-electron chi connectivity index (χ3n) is 23.4. The molecule has 8 aromatic rings. The smallest absolute Gasteiger partial charge is 0.264 e. The second-order valence-corrected chi connectivity index (χ2v) is 32.3. The van der Waals surface area contributed by atoms with Gasteiger partial charge in [0.2, 0.25) is 0 Å². The van der Waals surface area contributed by atoms with E-state index in [1.165, 1.54) is 178 Å². The van der Waals surface area contributed by atoms with E-state index in [-0.39, 0.29) is 50.2 Å². The molecule has 4 aliphatic carbocycles. The molecular weight excluding hydrogens is 1010 g/mol. The van der Waals surface area contributed by atoms with Crippen LogP contribution >= 0.6 is 11.3 Å². The van der Waals surface area contributed by atoms with Gasteiger partial charge in [-0.1, -0.05) is 164 Å². The number of hydrogen-bond donors (Lipinski definition) is 0. The molecule has 4 heterocycles. The minimum Gasteiger partial charge on any atom is -0.334 e. The van der Waals surface area contributed by atoms with Crippen molar-refractivity contribution in [2.24, 2.45) is 0 Å². The summed E-state index contributed by atoms with van der Waals surface area (Å²) in [4.78, 5) is 8.39. The molecule has 0 radical (unpaired) electrons. The van der Waals surface area contributed by atoms with Gasteiger partial charge in [-0.2, -0.15) is 0 Å². The Morgan fingerprint density at radius 2 is 0.963 bits per heavy atom. The molecule has 2 atom stereocenters. The molecule has 5 heteroatoms. The average molecular weight is 1100 g/mol. The molecular formula is C77H86BN3S. The Labute approximate surface area is 495 Å². The fourth-order valence-corrected chi connectivity index (χ4v) is 19.1. The van der Waals surface area contributed by atoms with Gasteiger partial charge in [-0.15, -0.1) is 11.3 Å². The first-order chi connectivity index (χ1) is 38.7. The fourth-order valence-electron chi connectivity index (χ4n) is 17.8. The largest absolute Gasteiger partial charge is 0.334 e. The third kappa shape index (κ3) is 7.19. The highest BCUT2D eigenvalue weighted by atomic mass is 32.1. The summed E-state index contributed by atoms with van der Waals surface area (Å²) in [7, 11) is 0. The maximum Gasteiger partial charge on any atom is 0.264 e. The molecule has 0 spiro atoms. The summed E-state index contributed by atoms with van der Waals surface area (Å²) in [6.07, 6.45) is 12.0. The molecule has 2 unspecified atom stereocenters. The topological polar surface area (TPSA) is 9.72 Å². The molecule has 418 valence electrons. The van der Waals surface area contributed by atoms with Gasteiger partial charge in [0, 0.05) is 60.0 Å². The number of para-hydroxylation sites is 1. The van der Waals surface area contributed by atoms with Gasteiger partial charge in [0.15, 0.2) is 0 Å². The van der Waals surface area contributed by atoms with Crippen molar-refractivity contribution in [2.75, 3.05) is 14.7 Å². The number of fused-ring (bicyclic) bond motifs is 12. The van der Waals surface area contributed by atoms with Gasteiger partial charge in [-0.25, -0.2) is 0 Å². The lowest BCUT2D eigenvalue weighted by molar-refractivity contribution is 0.195. The lowest BCUT2D eigenvalue weighted by Gasteiger charge is -2.50. The summed E-state index contributed by atoms with van der Waals surface area (Å²) in [6.45, 7) is 37.5. The van der Waals surface area contributed by atoms with Crippen molar-refractivity contribution in [3.05, 3.63) is 172 Å². The summed E-state index contributed by atoms with van der Waals surface area (Å²) < 4.78 is 2.88. The van der Waals surface area contributed by atoms with Gasteiger partial charge in [0.25, 0.3) is 6.71 Å². The summed E-state index contributed by atoms with van der Waals surface area (Å²) in [5.74, 6) is 0. The maximum atomic E-state index is 2.81. The Kier molecular flexibility index (Phi) is 11.0. The standard InChI is InChI=1S/C77H86BN3S/c1-47-39-64-67-65(40-47)80(62-45-58-56(72(6,7)35-37-74(58,10)11)43-51(62)48-23-17-16-18-24-48)63-42-50(81-61-26-20-19-25-54(61)76(14)31-21-22-32-77(76,81)15)28-30-60(63)78(67)69-68(52-44-57-59(46-66(52)82-69)75(12,13)38-36-73(57,8)9)79(64)49-27-29-53-55(41-49)71(4,5)34-33-70(53,2)3/h16-20,23-30,39-46H,21-22,31-38H2,1-15H3. The van der Waals surface area contributed by atoms with E-state index in [0.717, 1.165) is 12.8 Å². The summed E-state index contributed by atoms with van der Waals surface area (Å²) in [5.41, 5.74) is 28.1. The normalized spacial score (nSPS) is 24.1. The highest BCUT2D eigenvalue weighted by Gasteiger charge is 2.58. The highest BCUT2D eigenvalue weighted by molar-refractivity contribution is 7.33. The molecule has 7 aromatic carbocycles. The van der Waals surface area contributed by atoms with Crippen molar-refractivity contribution < 1.29 is 0 Å². The Hall–Kier alpha value is -6.04.